The maximum atomic E-state index is 9.76. The van der Waals surface area contributed by atoms with Gasteiger partial charge >= 0.3 is 0 Å². The highest BCUT2D eigenvalue weighted by molar-refractivity contribution is 8.08. The van der Waals surface area contributed by atoms with E-state index in [1.54, 1.807) is 0 Å². The number of sulfone groups is 1. The van der Waals surface area contributed by atoms with Gasteiger partial charge in [-0.25, -0.2) is 8.42 Å². The van der Waals surface area contributed by atoms with Gasteiger partial charge in [0.2, 0.25) is 5.40 Å². The summed E-state index contributed by atoms with van der Waals surface area (Å²) in [7, 11) is -3.81. The second kappa shape index (κ2) is 1.71. The van der Waals surface area contributed by atoms with Crippen LogP contribution in [0.2, 0.25) is 0 Å². The molecule has 0 spiro atoms. The summed E-state index contributed by atoms with van der Waals surface area (Å²) in [6.45, 7) is 0. The smallest absolute Gasteiger partial charge is 0.279 e. The average molecular weight is 118 g/mol. The third kappa shape index (κ3) is 1.89. The second-order valence-electron chi connectivity index (χ2n) is 0.754. The summed E-state index contributed by atoms with van der Waals surface area (Å²) >= 11 is 0. The Balaban J connectivity index is 4.62. The highest BCUT2D eigenvalue weighted by Crippen LogP contribution is 1.73. The molecule has 0 amide bonds. The van der Waals surface area contributed by atoms with Crippen LogP contribution in [0.5, 0.6) is 0 Å². The third-order valence-corrected chi connectivity index (χ3v) is 0.847. The quantitative estimate of drug-likeness (QED) is 0.218. The number of thiocyanates is 1. The van der Waals surface area contributed by atoms with Gasteiger partial charge in [0.15, 0.2) is 0 Å². The summed E-state index contributed by atoms with van der Waals surface area (Å²) in [6.07, 6.45) is 0. The second-order valence-corrected chi connectivity index (χ2v) is 2.26. The molecule has 0 unspecified atom stereocenters. The molecule has 0 fully saturated rings. The van der Waals surface area contributed by atoms with Crippen molar-refractivity contribution in [3.63, 3.8) is 0 Å². The maximum absolute atomic E-state index is 9.76. The monoisotopic (exact) mass is 118 g/mol. The van der Waals surface area contributed by atoms with Gasteiger partial charge in [-0.2, -0.15) is 5.26 Å². The molecular weight excluding hydrogens is 116 g/mol. The number of rotatable bonds is 1. The number of hydrogen-bond acceptors (Lipinski definition) is 4. The van der Waals surface area contributed by atoms with Gasteiger partial charge in [-0.15, -0.1) is 0 Å². The van der Waals surface area contributed by atoms with Crippen molar-refractivity contribution in [1.29, 1.82) is 10.7 Å². The van der Waals surface area contributed by atoms with Crippen molar-refractivity contribution in [3.05, 3.63) is 0 Å². The van der Waals surface area contributed by atoms with Crippen molar-refractivity contribution in [1.82, 2.24) is 0 Å². The minimum Gasteiger partial charge on any atom is -0.296 e. The predicted octanol–water partition coefficient (Wildman–Crippen LogP) is -0.511. The third-order valence-electron chi connectivity index (χ3n) is 0.282. The van der Waals surface area contributed by atoms with Crippen LogP contribution in [0.4, 0.5) is 0 Å². The first-order valence-electron chi connectivity index (χ1n) is 1.29. The molecule has 5 heteroatoms. The van der Waals surface area contributed by atoms with Crippen molar-refractivity contribution in [3.8, 4) is 5.40 Å². The number of nitrogens with one attached hydrogen (secondary N) is 1. The molecule has 0 bridgehead atoms. The standard InChI is InChI=1S/C2H2N2O2S/c3-1-7(5,6)2-4/h1,3H. The van der Waals surface area contributed by atoms with E-state index in [0.717, 1.165) is 5.40 Å². The van der Waals surface area contributed by atoms with Gasteiger partial charge in [0.1, 0.15) is 5.55 Å². The Hall–Kier alpha value is -0.890. The highest BCUT2D eigenvalue weighted by atomic mass is 32.2. The van der Waals surface area contributed by atoms with E-state index in [0.29, 0.717) is 0 Å². The maximum Gasteiger partial charge on any atom is 0.279 e. The Labute approximate surface area is 40.8 Å². The zero-order valence-corrected chi connectivity index (χ0v) is 4.07. The van der Waals surface area contributed by atoms with E-state index < -0.39 is 9.84 Å². The molecule has 0 aromatic carbocycles. The molecule has 0 aliphatic carbocycles. The van der Waals surface area contributed by atoms with Crippen LogP contribution in [0, 0.1) is 16.1 Å². The van der Waals surface area contributed by atoms with Gasteiger partial charge in [0, 0.05) is 0 Å². The lowest BCUT2D eigenvalue weighted by atomic mass is 11.7. The Morgan fingerprint density at radius 2 is 2.14 bits per heavy atom. The highest BCUT2D eigenvalue weighted by Gasteiger charge is 1.97. The number of nitrogens with zero attached hydrogens (tertiary/aromatic N) is 1. The Bertz CT molecular complexity index is 196. The van der Waals surface area contributed by atoms with Gasteiger partial charge in [-0.3, -0.25) is 5.41 Å². The van der Waals surface area contributed by atoms with E-state index in [1.165, 1.54) is 0 Å². The van der Waals surface area contributed by atoms with E-state index in [-0.39, 0.29) is 5.55 Å². The zero-order valence-electron chi connectivity index (χ0n) is 3.25. The average Bonchev–Trinajstić information content (AvgIpc) is 1.68. The molecular formula is C2H2N2O2S. The number of hydrogen-bond donors (Lipinski definition) is 1. The zero-order chi connectivity index (χ0) is 5.91. The van der Waals surface area contributed by atoms with Gasteiger partial charge in [0.05, 0.1) is 0 Å². The van der Waals surface area contributed by atoms with Crippen LogP contribution in [0.1, 0.15) is 0 Å². The van der Waals surface area contributed by atoms with Crippen molar-refractivity contribution in [2.45, 2.75) is 0 Å². The molecule has 0 aromatic rings. The van der Waals surface area contributed by atoms with Crippen LogP contribution in [0.15, 0.2) is 0 Å². The lowest BCUT2D eigenvalue weighted by Gasteiger charge is -1.69. The first-order valence-corrected chi connectivity index (χ1v) is 2.83. The fourth-order valence-electron chi connectivity index (χ4n) is 0.0264. The topological polar surface area (TPSA) is 81.8 Å². The molecule has 1 N–H and O–H groups in total. The molecule has 0 heterocycles. The van der Waals surface area contributed by atoms with Crippen LogP contribution < -0.4 is 0 Å². The van der Waals surface area contributed by atoms with Gasteiger partial charge in [-0.1, -0.05) is 0 Å². The molecule has 0 aliphatic rings. The molecule has 0 atom stereocenters. The summed E-state index contributed by atoms with van der Waals surface area (Å²) in [4.78, 5) is 0. The van der Waals surface area contributed by atoms with Crippen LogP contribution >= 0.6 is 0 Å². The summed E-state index contributed by atoms with van der Waals surface area (Å²) in [5.41, 5.74) is 0.104. The van der Waals surface area contributed by atoms with E-state index in [9.17, 15) is 8.42 Å². The van der Waals surface area contributed by atoms with Crippen LogP contribution in [-0.4, -0.2) is 14.0 Å². The Morgan fingerprint density at radius 3 is 2.14 bits per heavy atom. The van der Waals surface area contributed by atoms with Gasteiger partial charge < -0.3 is 0 Å². The Kier molecular flexibility index (Phi) is 1.49. The normalized spacial score (nSPS) is 9.57. The van der Waals surface area contributed by atoms with Crippen molar-refractivity contribution < 1.29 is 8.42 Å². The minimum atomic E-state index is -3.81. The lowest BCUT2D eigenvalue weighted by Crippen LogP contribution is -1.92. The summed E-state index contributed by atoms with van der Waals surface area (Å²) in [6, 6.07) is 0. The van der Waals surface area contributed by atoms with Gasteiger partial charge in [-0.05, 0) is 0 Å². The lowest BCUT2D eigenvalue weighted by molar-refractivity contribution is 0.616. The molecule has 7 heavy (non-hydrogen) atoms. The molecule has 0 rings (SSSR count). The molecule has 0 saturated carbocycles. The van der Waals surface area contributed by atoms with E-state index in [1.807, 2.05) is 0 Å². The molecule has 0 aromatic heterocycles. The predicted molar refractivity (Wildman–Crippen MR) is 23.3 cm³/mol. The number of nitriles is 1. The Morgan fingerprint density at radius 1 is 1.71 bits per heavy atom. The van der Waals surface area contributed by atoms with Crippen molar-refractivity contribution in [2.24, 2.45) is 0 Å². The first kappa shape index (κ1) is 6.11. The van der Waals surface area contributed by atoms with E-state index in [2.05, 4.69) is 0 Å². The molecule has 38 valence electrons. The SMILES string of the molecule is N#CS(=O)(=O)C=N. The fraction of sp³-hybridized carbons (Fsp3) is 0. The molecule has 0 radical (unpaired) electrons. The fourth-order valence-corrected chi connectivity index (χ4v) is 0.0791. The van der Waals surface area contributed by atoms with Crippen LogP contribution in [0.25, 0.3) is 0 Å². The molecule has 0 saturated heterocycles. The van der Waals surface area contributed by atoms with Gasteiger partial charge in [0.25, 0.3) is 9.84 Å². The summed E-state index contributed by atoms with van der Waals surface area (Å²) < 4.78 is 19.5. The van der Waals surface area contributed by atoms with E-state index >= 15 is 0 Å². The van der Waals surface area contributed by atoms with E-state index in [4.69, 9.17) is 10.7 Å². The van der Waals surface area contributed by atoms with Crippen molar-refractivity contribution in [2.75, 3.05) is 0 Å². The molecule has 0 aliphatic heterocycles. The minimum absolute atomic E-state index is 0.104. The summed E-state index contributed by atoms with van der Waals surface area (Å²) in [5, 5.41) is 14.6. The summed E-state index contributed by atoms with van der Waals surface area (Å²) in [5.74, 6) is 0. The van der Waals surface area contributed by atoms with Crippen molar-refractivity contribution >= 4 is 15.4 Å². The van der Waals surface area contributed by atoms with Crippen LogP contribution in [-0.2, 0) is 9.84 Å². The molecule has 4 nitrogen and oxygen atoms in total. The first-order chi connectivity index (χ1) is 3.12. The largest absolute Gasteiger partial charge is 0.296 e. The van der Waals surface area contributed by atoms with Crippen LogP contribution in [0.3, 0.4) is 0 Å².